The highest BCUT2D eigenvalue weighted by atomic mass is 16.5. The maximum absolute atomic E-state index is 13.2. The molecule has 30 heavy (non-hydrogen) atoms. The molecule has 1 atom stereocenters. The number of benzene rings is 1. The zero-order chi connectivity index (χ0) is 20.9. The monoisotopic (exact) mass is 410 g/mol. The summed E-state index contributed by atoms with van der Waals surface area (Å²) in [4.78, 5) is 32.2. The first kappa shape index (κ1) is 20.2. The van der Waals surface area contributed by atoms with Crippen molar-refractivity contribution in [1.29, 1.82) is 0 Å². The Balaban J connectivity index is 1.53. The molecule has 158 valence electrons. The Morgan fingerprint density at radius 3 is 2.83 bits per heavy atom. The first-order valence-corrected chi connectivity index (χ1v) is 10.2. The predicted octanol–water partition coefficient (Wildman–Crippen LogP) is 2.09. The summed E-state index contributed by atoms with van der Waals surface area (Å²) < 4.78 is 14.2. The SMILES string of the molecule is COCCn1c(=O)n([C@H]2CCCN(C(=O)COc3ccccc3)C2)c2ncccc21. The largest absolute Gasteiger partial charge is 0.484 e. The summed E-state index contributed by atoms with van der Waals surface area (Å²) in [5.41, 5.74) is 1.33. The van der Waals surface area contributed by atoms with E-state index in [1.54, 1.807) is 27.3 Å². The number of fused-ring (bicyclic) bond motifs is 1. The van der Waals surface area contributed by atoms with Gasteiger partial charge in [0.15, 0.2) is 12.3 Å². The molecule has 1 saturated heterocycles. The molecule has 1 aliphatic heterocycles. The van der Waals surface area contributed by atoms with E-state index in [1.165, 1.54) is 0 Å². The van der Waals surface area contributed by atoms with E-state index < -0.39 is 0 Å². The van der Waals surface area contributed by atoms with Gasteiger partial charge in [0.25, 0.3) is 5.91 Å². The molecule has 0 aliphatic carbocycles. The number of aromatic nitrogens is 3. The van der Waals surface area contributed by atoms with Gasteiger partial charge in [0.05, 0.1) is 24.7 Å². The Morgan fingerprint density at radius 2 is 2.03 bits per heavy atom. The van der Waals surface area contributed by atoms with Gasteiger partial charge in [0.1, 0.15) is 5.75 Å². The Morgan fingerprint density at radius 1 is 1.20 bits per heavy atom. The second kappa shape index (κ2) is 9.13. The number of piperidine rings is 1. The van der Waals surface area contributed by atoms with E-state index in [4.69, 9.17) is 9.47 Å². The predicted molar refractivity (Wildman–Crippen MR) is 113 cm³/mol. The molecular formula is C22H26N4O4. The molecule has 3 heterocycles. The third-order valence-electron chi connectivity index (χ3n) is 5.46. The lowest BCUT2D eigenvalue weighted by molar-refractivity contribution is -0.135. The van der Waals surface area contributed by atoms with Gasteiger partial charge in [-0.3, -0.25) is 13.9 Å². The summed E-state index contributed by atoms with van der Waals surface area (Å²) in [5, 5.41) is 0. The number of carbonyl (C=O) groups excluding carboxylic acids is 1. The number of imidazole rings is 1. The molecule has 1 fully saturated rings. The molecule has 1 aromatic carbocycles. The topological polar surface area (TPSA) is 78.6 Å². The molecule has 4 rings (SSSR count). The summed E-state index contributed by atoms with van der Waals surface area (Å²) in [7, 11) is 1.62. The number of methoxy groups -OCH3 is 1. The number of hydrogen-bond donors (Lipinski definition) is 0. The van der Waals surface area contributed by atoms with Crippen LogP contribution in [-0.4, -0.2) is 58.3 Å². The zero-order valence-corrected chi connectivity index (χ0v) is 17.1. The summed E-state index contributed by atoms with van der Waals surface area (Å²) in [6, 6.07) is 12.9. The van der Waals surface area contributed by atoms with E-state index in [-0.39, 0.29) is 24.2 Å². The average molecular weight is 410 g/mol. The number of amides is 1. The Labute approximate surface area is 174 Å². The second-order valence-corrected chi connectivity index (χ2v) is 7.38. The fraction of sp³-hybridized carbons (Fsp3) is 0.409. The first-order valence-electron chi connectivity index (χ1n) is 10.2. The molecule has 0 spiro atoms. The van der Waals surface area contributed by atoms with Crippen molar-refractivity contribution in [1.82, 2.24) is 19.0 Å². The van der Waals surface area contributed by atoms with Crippen LogP contribution in [-0.2, 0) is 16.1 Å². The molecule has 0 unspecified atom stereocenters. The van der Waals surface area contributed by atoms with E-state index in [9.17, 15) is 9.59 Å². The molecule has 8 heteroatoms. The Bertz CT molecular complexity index is 1060. The molecule has 3 aromatic rings. The Kier molecular flexibility index (Phi) is 6.13. The number of rotatable bonds is 7. The van der Waals surface area contributed by atoms with Gasteiger partial charge in [-0.25, -0.2) is 9.78 Å². The number of pyridine rings is 1. The third kappa shape index (κ3) is 4.09. The highest BCUT2D eigenvalue weighted by molar-refractivity contribution is 5.78. The summed E-state index contributed by atoms with van der Waals surface area (Å²) in [6.07, 6.45) is 3.34. The van der Waals surface area contributed by atoms with Gasteiger partial charge in [-0.15, -0.1) is 0 Å². The number of likely N-dealkylation sites (tertiary alicyclic amines) is 1. The van der Waals surface area contributed by atoms with E-state index in [2.05, 4.69) is 4.98 Å². The maximum atomic E-state index is 13.2. The normalized spacial score (nSPS) is 16.7. The minimum Gasteiger partial charge on any atom is -0.484 e. The fourth-order valence-corrected chi connectivity index (χ4v) is 3.98. The van der Waals surface area contributed by atoms with E-state index >= 15 is 0 Å². The van der Waals surface area contributed by atoms with Crippen LogP contribution in [0.15, 0.2) is 53.5 Å². The van der Waals surface area contributed by atoms with Gasteiger partial charge in [0.2, 0.25) is 0 Å². The number of nitrogens with zero attached hydrogens (tertiary/aromatic N) is 4. The van der Waals surface area contributed by atoms with Crippen molar-refractivity contribution in [3.63, 3.8) is 0 Å². The van der Waals surface area contributed by atoms with Gasteiger partial charge in [-0.2, -0.15) is 0 Å². The van der Waals surface area contributed by atoms with Crippen LogP contribution in [0.25, 0.3) is 11.2 Å². The molecule has 2 aromatic heterocycles. The van der Waals surface area contributed by atoms with Crippen molar-refractivity contribution in [2.24, 2.45) is 0 Å². The zero-order valence-electron chi connectivity index (χ0n) is 17.1. The molecule has 0 bridgehead atoms. The number of carbonyl (C=O) groups is 1. The van der Waals surface area contributed by atoms with E-state index in [0.29, 0.717) is 37.6 Å². The van der Waals surface area contributed by atoms with Crippen molar-refractivity contribution < 1.29 is 14.3 Å². The molecule has 0 radical (unpaired) electrons. The van der Waals surface area contributed by atoms with Crippen LogP contribution in [0.5, 0.6) is 5.75 Å². The van der Waals surface area contributed by atoms with Crippen molar-refractivity contribution in [2.45, 2.75) is 25.4 Å². The van der Waals surface area contributed by atoms with Crippen LogP contribution in [0.2, 0.25) is 0 Å². The van der Waals surface area contributed by atoms with Crippen LogP contribution < -0.4 is 10.4 Å². The smallest absolute Gasteiger partial charge is 0.330 e. The summed E-state index contributed by atoms with van der Waals surface area (Å²) in [6.45, 7) is 2.03. The Hall–Kier alpha value is -3.13. The van der Waals surface area contributed by atoms with Crippen LogP contribution >= 0.6 is 0 Å². The number of ether oxygens (including phenoxy) is 2. The molecular weight excluding hydrogens is 384 g/mol. The number of hydrogen-bond acceptors (Lipinski definition) is 5. The lowest BCUT2D eigenvalue weighted by Gasteiger charge is -2.33. The molecule has 1 aliphatic rings. The van der Waals surface area contributed by atoms with Gasteiger partial charge in [-0.1, -0.05) is 18.2 Å². The molecule has 8 nitrogen and oxygen atoms in total. The van der Waals surface area contributed by atoms with E-state index in [1.807, 2.05) is 42.5 Å². The minimum atomic E-state index is -0.117. The molecule has 1 amide bonds. The van der Waals surface area contributed by atoms with Gasteiger partial charge in [0, 0.05) is 26.4 Å². The lowest BCUT2D eigenvalue weighted by atomic mass is 10.1. The highest BCUT2D eigenvalue weighted by Crippen LogP contribution is 2.24. The highest BCUT2D eigenvalue weighted by Gasteiger charge is 2.28. The van der Waals surface area contributed by atoms with Crippen molar-refractivity contribution in [2.75, 3.05) is 33.4 Å². The second-order valence-electron chi connectivity index (χ2n) is 7.38. The lowest BCUT2D eigenvalue weighted by Crippen LogP contribution is -2.44. The van der Waals surface area contributed by atoms with Crippen LogP contribution in [0.1, 0.15) is 18.9 Å². The number of para-hydroxylation sites is 1. The summed E-state index contributed by atoms with van der Waals surface area (Å²) in [5.74, 6) is 0.591. The van der Waals surface area contributed by atoms with Crippen LogP contribution in [0.4, 0.5) is 0 Å². The minimum absolute atomic E-state index is 0.0144. The van der Waals surface area contributed by atoms with Gasteiger partial charge in [-0.05, 0) is 37.1 Å². The third-order valence-corrected chi connectivity index (χ3v) is 5.46. The van der Waals surface area contributed by atoms with Crippen LogP contribution in [0, 0.1) is 0 Å². The standard InChI is InChI=1S/C22H26N4O4/c1-29-14-13-25-19-10-5-11-23-21(19)26(22(25)28)17-7-6-12-24(15-17)20(27)16-30-18-8-3-2-4-9-18/h2-5,8-11,17H,6-7,12-16H2,1H3/t17-/m0/s1. The van der Waals surface area contributed by atoms with Crippen molar-refractivity contribution in [3.8, 4) is 5.75 Å². The average Bonchev–Trinajstić information content (AvgIpc) is 3.08. The molecule has 0 N–H and O–H groups in total. The first-order chi connectivity index (χ1) is 14.7. The van der Waals surface area contributed by atoms with E-state index in [0.717, 1.165) is 18.4 Å². The maximum Gasteiger partial charge on any atom is 0.330 e. The van der Waals surface area contributed by atoms with Crippen LogP contribution in [0.3, 0.4) is 0 Å². The van der Waals surface area contributed by atoms with Gasteiger partial charge >= 0.3 is 5.69 Å². The van der Waals surface area contributed by atoms with Gasteiger partial charge < -0.3 is 14.4 Å². The molecule has 0 saturated carbocycles. The van der Waals surface area contributed by atoms with Crippen molar-refractivity contribution >= 4 is 17.1 Å². The quantitative estimate of drug-likeness (QED) is 0.596. The summed E-state index contributed by atoms with van der Waals surface area (Å²) >= 11 is 0. The fourth-order valence-electron chi connectivity index (χ4n) is 3.98. The van der Waals surface area contributed by atoms with Crippen molar-refractivity contribution in [3.05, 3.63) is 59.1 Å².